The standard InChI is InChI=1S/C10H14O6S/c11-9(15-3-7-1-13-7)5-17-6-10(12)16-4-8-2-14-8/h7-8H,1-6H2. The van der Waals surface area contributed by atoms with Crippen LogP contribution in [-0.2, 0) is 28.5 Å². The molecule has 2 aliphatic heterocycles. The van der Waals surface area contributed by atoms with Crippen molar-refractivity contribution in [1.82, 2.24) is 0 Å². The molecule has 0 spiro atoms. The molecule has 0 amide bonds. The van der Waals surface area contributed by atoms with E-state index in [1.165, 1.54) is 11.8 Å². The van der Waals surface area contributed by atoms with Gasteiger partial charge in [0.25, 0.3) is 0 Å². The Kier molecular flexibility index (Phi) is 4.64. The van der Waals surface area contributed by atoms with Gasteiger partial charge in [0.1, 0.15) is 25.4 Å². The van der Waals surface area contributed by atoms with Crippen LogP contribution in [0.25, 0.3) is 0 Å². The lowest BCUT2D eigenvalue weighted by Gasteiger charge is -2.03. The first-order chi connectivity index (χ1) is 8.24. The normalized spacial score (nSPS) is 25.2. The molecule has 96 valence electrons. The molecule has 2 unspecified atom stereocenters. The Hall–Kier alpha value is -0.790. The molecule has 0 aromatic heterocycles. The highest BCUT2D eigenvalue weighted by atomic mass is 32.2. The summed E-state index contributed by atoms with van der Waals surface area (Å²) in [4.78, 5) is 22.3. The lowest BCUT2D eigenvalue weighted by atomic mass is 10.5. The van der Waals surface area contributed by atoms with Gasteiger partial charge in [0.05, 0.1) is 24.7 Å². The Bertz CT molecular complexity index is 259. The first kappa shape index (κ1) is 12.7. The van der Waals surface area contributed by atoms with Crippen molar-refractivity contribution in [3.8, 4) is 0 Å². The summed E-state index contributed by atoms with van der Waals surface area (Å²) in [5.74, 6) is -0.351. The fourth-order valence-corrected chi connectivity index (χ4v) is 1.60. The number of rotatable bonds is 8. The second-order valence-electron chi connectivity index (χ2n) is 3.77. The SMILES string of the molecule is O=C(CSCC(=O)OCC1CO1)OCC1CO1. The lowest BCUT2D eigenvalue weighted by molar-refractivity contribution is -0.141. The second kappa shape index (κ2) is 6.23. The molecular formula is C10H14O6S. The summed E-state index contributed by atoms with van der Waals surface area (Å²) in [6.45, 7) is 1.94. The van der Waals surface area contributed by atoms with E-state index < -0.39 is 0 Å². The Morgan fingerprint density at radius 2 is 1.41 bits per heavy atom. The first-order valence-corrected chi connectivity index (χ1v) is 6.51. The minimum atomic E-state index is -0.330. The highest BCUT2D eigenvalue weighted by molar-refractivity contribution is 8.00. The van der Waals surface area contributed by atoms with E-state index in [-0.39, 0.29) is 35.7 Å². The van der Waals surface area contributed by atoms with Crippen LogP contribution in [0.2, 0.25) is 0 Å². The van der Waals surface area contributed by atoms with Gasteiger partial charge in [-0.3, -0.25) is 9.59 Å². The summed E-state index contributed by atoms with van der Waals surface area (Å²) in [6.07, 6.45) is 0.153. The smallest absolute Gasteiger partial charge is 0.316 e. The highest BCUT2D eigenvalue weighted by Gasteiger charge is 2.25. The average molecular weight is 262 g/mol. The predicted octanol–water partition coefficient (Wildman–Crippen LogP) is -0.396. The largest absolute Gasteiger partial charge is 0.462 e. The van der Waals surface area contributed by atoms with Gasteiger partial charge in [-0.15, -0.1) is 11.8 Å². The van der Waals surface area contributed by atoms with Crippen LogP contribution >= 0.6 is 11.8 Å². The van der Waals surface area contributed by atoms with Crippen molar-refractivity contribution < 1.29 is 28.5 Å². The number of hydrogen-bond donors (Lipinski definition) is 0. The number of thioether (sulfide) groups is 1. The first-order valence-electron chi connectivity index (χ1n) is 5.36. The van der Waals surface area contributed by atoms with Crippen LogP contribution in [0, 0.1) is 0 Å². The zero-order chi connectivity index (χ0) is 12.1. The third kappa shape index (κ3) is 5.90. The zero-order valence-corrected chi connectivity index (χ0v) is 10.1. The van der Waals surface area contributed by atoms with Crippen molar-refractivity contribution in [3.05, 3.63) is 0 Å². The van der Waals surface area contributed by atoms with Crippen LogP contribution in [0.1, 0.15) is 0 Å². The van der Waals surface area contributed by atoms with Crippen LogP contribution < -0.4 is 0 Å². The van der Waals surface area contributed by atoms with Crippen LogP contribution in [0.4, 0.5) is 0 Å². The molecule has 2 fully saturated rings. The van der Waals surface area contributed by atoms with Gasteiger partial charge in [0.15, 0.2) is 0 Å². The van der Waals surface area contributed by atoms with Gasteiger partial charge in [-0.05, 0) is 0 Å². The van der Waals surface area contributed by atoms with Crippen molar-refractivity contribution in [2.24, 2.45) is 0 Å². The van der Waals surface area contributed by atoms with E-state index in [2.05, 4.69) is 0 Å². The molecule has 0 aromatic carbocycles. The van der Waals surface area contributed by atoms with E-state index in [4.69, 9.17) is 18.9 Å². The fourth-order valence-electron chi connectivity index (χ4n) is 1.00. The Morgan fingerprint density at radius 1 is 1.00 bits per heavy atom. The van der Waals surface area contributed by atoms with Gasteiger partial charge in [0.2, 0.25) is 0 Å². The summed E-state index contributed by atoms with van der Waals surface area (Å²) in [5, 5.41) is 0. The van der Waals surface area contributed by atoms with E-state index >= 15 is 0 Å². The van der Waals surface area contributed by atoms with Gasteiger partial charge in [-0.1, -0.05) is 0 Å². The quantitative estimate of drug-likeness (QED) is 0.435. The average Bonchev–Trinajstić information content (AvgIpc) is 3.16. The summed E-state index contributed by atoms with van der Waals surface area (Å²) < 4.78 is 19.6. The number of carbonyl (C=O) groups is 2. The number of carbonyl (C=O) groups excluding carboxylic acids is 2. The summed E-state index contributed by atoms with van der Waals surface area (Å²) >= 11 is 1.18. The molecule has 0 saturated carbocycles. The Morgan fingerprint density at radius 3 is 1.76 bits per heavy atom. The van der Waals surface area contributed by atoms with Crippen molar-refractivity contribution in [3.63, 3.8) is 0 Å². The number of epoxide rings is 2. The second-order valence-corrected chi connectivity index (χ2v) is 4.76. The lowest BCUT2D eigenvalue weighted by Crippen LogP contribution is -2.15. The van der Waals surface area contributed by atoms with Gasteiger partial charge in [-0.2, -0.15) is 0 Å². The molecule has 2 heterocycles. The molecule has 0 bridgehead atoms. The van der Waals surface area contributed by atoms with Crippen molar-refractivity contribution in [2.45, 2.75) is 12.2 Å². The number of esters is 2. The van der Waals surface area contributed by atoms with Gasteiger partial charge < -0.3 is 18.9 Å². The van der Waals surface area contributed by atoms with E-state index in [1.54, 1.807) is 0 Å². The maximum Gasteiger partial charge on any atom is 0.316 e. The van der Waals surface area contributed by atoms with Crippen molar-refractivity contribution in [2.75, 3.05) is 37.9 Å². The predicted molar refractivity (Wildman–Crippen MR) is 58.7 cm³/mol. The molecule has 2 aliphatic rings. The van der Waals surface area contributed by atoms with Gasteiger partial charge in [0, 0.05) is 0 Å². The van der Waals surface area contributed by atoms with Gasteiger partial charge >= 0.3 is 11.9 Å². The fraction of sp³-hybridized carbons (Fsp3) is 0.800. The van der Waals surface area contributed by atoms with Crippen LogP contribution in [0.3, 0.4) is 0 Å². The molecule has 6 nitrogen and oxygen atoms in total. The summed E-state index contributed by atoms with van der Waals surface area (Å²) in [6, 6.07) is 0. The summed E-state index contributed by atoms with van der Waals surface area (Å²) in [5.41, 5.74) is 0. The van der Waals surface area contributed by atoms with Crippen LogP contribution in [0.5, 0.6) is 0 Å². The molecule has 0 aliphatic carbocycles. The third-order valence-corrected chi connectivity index (χ3v) is 2.98. The van der Waals surface area contributed by atoms with E-state index in [1.807, 2.05) is 0 Å². The van der Waals surface area contributed by atoms with E-state index in [0.29, 0.717) is 26.4 Å². The minimum absolute atomic E-state index is 0.0763. The molecule has 0 N–H and O–H groups in total. The maximum atomic E-state index is 11.2. The molecule has 0 aromatic rings. The van der Waals surface area contributed by atoms with Crippen molar-refractivity contribution >= 4 is 23.7 Å². The van der Waals surface area contributed by atoms with Crippen LogP contribution in [-0.4, -0.2) is 62.1 Å². The van der Waals surface area contributed by atoms with E-state index in [9.17, 15) is 9.59 Å². The highest BCUT2D eigenvalue weighted by Crippen LogP contribution is 2.11. The number of hydrogen-bond acceptors (Lipinski definition) is 7. The minimum Gasteiger partial charge on any atom is -0.462 e. The molecule has 17 heavy (non-hydrogen) atoms. The number of ether oxygens (including phenoxy) is 4. The van der Waals surface area contributed by atoms with Crippen LogP contribution in [0.15, 0.2) is 0 Å². The molecule has 0 radical (unpaired) electrons. The maximum absolute atomic E-state index is 11.2. The summed E-state index contributed by atoms with van der Waals surface area (Å²) in [7, 11) is 0. The Balaban J connectivity index is 1.42. The van der Waals surface area contributed by atoms with Gasteiger partial charge in [-0.25, -0.2) is 0 Å². The molecule has 2 atom stereocenters. The monoisotopic (exact) mass is 262 g/mol. The molecule has 2 saturated heterocycles. The molecular weight excluding hydrogens is 248 g/mol. The topological polar surface area (TPSA) is 77.7 Å². The molecule has 7 heteroatoms. The third-order valence-electron chi connectivity index (χ3n) is 2.10. The van der Waals surface area contributed by atoms with Crippen molar-refractivity contribution in [1.29, 1.82) is 0 Å². The zero-order valence-electron chi connectivity index (χ0n) is 9.26. The van der Waals surface area contributed by atoms with E-state index in [0.717, 1.165) is 0 Å². The molecule has 2 rings (SSSR count). The Labute approximate surface area is 103 Å².